The van der Waals surface area contributed by atoms with Crippen LogP contribution in [-0.4, -0.2) is 48.8 Å². The predicted octanol–water partition coefficient (Wildman–Crippen LogP) is 3.03. The van der Waals surface area contributed by atoms with E-state index in [1.165, 1.54) is 44.9 Å². The molecular formula is C17H36N2O. The zero-order valence-corrected chi connectivity index (χ0v) is 14.0. The molecule has 0 saturated heterocycles. The molecular weight excluding hydrogens is 248 g/mol. The molecule has 0 spiro atoms. The average molecular weight is 284 g/mol. The van der Waals surface area contributed by atoms with Crippen molar-refractivity contribution in [3.05, 3.63) is 0 Å². The van der Waals surface area contributed by atoms with E-state index < -0.39 is 0 Å². The van der Waals surface area contributed by atoms with Gasteiger partial charge in [0.1, 0.15) is 0 Å². The van der Waals surface area contributed by atoms with Gasteiger partial charge in [-0.1, -0.05) is 40.0 Å². The van der Waals surface area contributed by atoms with Crippen LogP contribution in [0.5, 0.6) is 0 Å². The lowest BCUT2D eigenvalue weighted by Gasteiger charge is -2.43. The number of aliphatic hydroxyl groups excluding tert-OH is 1. The minimum absolute atomic E-state index is 0.286. The predicted molar refractivity (Wildman–Crippen MR) is 87.1 cm³/mol. The van der Waals surface area contributed by atoms with Gasteiger partial charge in [-0.05, 0) is 37.6 Å². The molecule has 2 N–H and O–H groups in total. The van der Waals surface area contributed by atoms with Crippen molar-refractivity contribution in [3.63, 3.8) is 0 Å². The average Bonchev–Trinajstić information content (AvgIpc) is 2.48. The van der Waals surface area contributed by atoms with E-state index in [4.69, 9.17) is 0 Å². The van der Waals surface area contributed by atoms with Crippen molar-refractivity contribution in [2.75, 3.05) is 32.8 Å². The second-order valence-electron chi connectivity index (χ2n) is 6.51. The van der Waals surface area contributed by atoms with Crippen molar-refractivity contribution in [1.82, 2.24) is 10.2 Å². The molecule has 1 fully saturated rings. The van der Waals surface area contributed by atoms with E-state index in [1.807, 2.05) is 0 Å². The lowest BCUT2D eigenvalue weighted by molar-refractivity contribution is 0.0583. The summed E-state index contributed by atoms with van der Waals surface area (Å²) in [5, 5.41) is 13.0. The number of rotatable bonds is 10. The summed E-state index contributed by atoms with van der Waals surface area (Å²) >= 11 is 0. The Labute approximate surface area is 126 Å². The Morgan fingerprint density at radius 3 is 2.25 bits per heavy atom. The molecule has 20 heavy (non-hydrogen) atoms. The zero-order chi connectivity index (χ0) is 14.8. The van der Waals surface area contributed by atoms with E-state index in [0.717, 1.165) is 26.2 Å². The second kappa shape index (κ2) is 9.75. The molecule has 1 saturated carbocycles. The van der Waals surface area contributed by atoms with Crippen LogP contribution in [0.3, 0.4) is 0 Å². The fraction of sp³-hybridized carbons (Fsp3) is 1.00. The maximum atomic E-state index is 9.41. The number of nitrogens with one attached hydrogen (secondary N) is 1. The van der Waals surface area contributed by atoms with Crippen molar-refractivity contribution in [2.45, 2.75) is 71.8 Å². The van der Waals surface area contributed by atoms with E-state index in [-0.39, 0.29) is 6.61 Å². The molecule has 0 radical (unpaired) electrons. The van der Waals surface area contributed by atoms with E-state index in [0.29, 0.717) is 11.5 Å². The summed E-state index contributed by atoms with van der Waals surface area (Å²) in [6.45, 7) is 11.2. The lowest BCUT2D eigenvalue weighted by Crippen LogP contribution is -2.49. The highest BCUT2D eigenvalue weighted by Crippen LogP contribution is 2.37. The summed E-state index contributed by atoms with van der Waals surface area (Å²) in [4.78, 5) is 2.56. The Kier molecular flexibility index (Phi) is 8.74. The Morgan fingerprint density at radius 2 is 1.75 bits per heavy atom. The second-order valence-corrected chi connectivity index (χ2v) is 6.51. The smallest absolute Gasteiger partial charge is 0.0558 e. The van der Waals surface area contributed by atoms with Gasteiger partial charge in [-0.25, -0.2) is 0 Å². The standard InChI is InChI=1S/C17H36N2O/c1-4-16(5-2)19(12-13-20)15-17(14-18-6-3)10-8-7-9-11-17/h16,18,20H,4-15H2,1-3H3. The number of hydrogen-bond donors (Lipinski definition) is 2. The minimum Gasteiger partial charge on any atom is -0.395 e. The molecule has 0 aromatic heterocycles. The number of aliphatic hydroxyl groups is 1. The van der Waals surface area contributed by atoms with Crippen molar-refractivity contribution in [3.8, 4) is 0 Å². The molecule has 0 atom stereocenters. The molecule has 1 rings (SSSR count). The van der Waals surface area contributed by atoms with E-state index in [2.05, 4.69) is 31.0 Å². The molecule has 120 valence electrons. The van der Waals surface area contributed by atoms with Crippen molar-refractivity contribution < 1.29 is 5.11 Å². The highest BCUT2D eigenvalue weighted by molar-refractivity contribution is 4.89. The molecule has 1 aliphatic carbocycles. The number of hydrogen-bond acceptors (Lipinski definition) is 3. The normalized spacial score (nSPS) is 18.9. The third-order valence-electron chi connectivity index (χ3n) is 5.05. The fourth-order valence-electron chi connectivity index (χ4n) is 3.84. The third-order valence-corrected chi connectivity index (χ3v) is 5.05. The Bertz CT molecular complexity index is 235. The van der Waals surface area contributed by atoms with Crippen molar-refractivity contribution in [2.24, 2.45) is 5.41 Å². The molecule has 1 aliphatic rings. The Balaban J connectivity index is 2.72. The largest absolute Gasteiger partial charge is 0.395 e. The first-order chi connectivity index (χ1) is 9.71. The first-order valence-electron chi connectivity index (χ1n) is 8.77. The first-order valence-corrected chi connectivity index (χ1v) is 8.77. The molecule has 0 aliphatic heterocycles. The van der Waals surface area contributed by atoms with Crippen LogP contribution >= 0.6 is 0 Å². The molecule has 0 bridgehead atoms. The van der Waals surface area contributed by atoms with Gasteiger partial charge >= 0.3 is 0 Å². The fourth-order valence-corrected chi connectivity index (χ4v) is 3.84. The van der Waals surface area contributed by atoms with Gasteiger partial charge in [0.25, 0.3) is 0 Å². The highest BCUT2D eigenvalue weighted by atomic mass is 16.3. The van der Waals surface area contributed by atoms with Crippen molar-refractivity contribution >= 4 is 0 Å². The van der Waals surface area contributed by atoms with E-state index in [9.17, 15) is 5.11 Å². The van der Waals surface area contributed by atoms with Crippen LogP contribution in [0.4, 0.5) is 0 Å². The van der Waals surface area contributed by atoms with Gasteiger partial charge < -0.3 is 10.4 Å². The van der Waals surface area contributed by atoms with Gasteiger partial charge in [-0.3, -0.25) is 4.90 Å². The summed E-state index contributed by atoms with van der Waals surface area (Å²) in [5.74, 6) is 0. The summed E-state index contributed by atoms with van der Waals surface area (Å²) in [6, 6.07) is 0.627. The minimum atomic E-state index is 0.286. The van der Waals surface area contributed by atoms with Crippen LogP contribution in [0.15, 0.2) is 0 Å². The van der Waals surface area contributed by atoms with Crippen LogP contribution in [0, 0.1) is 5.41 Å². The van der Waals surface area contributed by atoms with Gasteiger partial charge in [0.2, 0.25) is 0 Å². The van der Waals surface area contributed by atoms with Crippen LogP contribution < -0.4 is 5.32 Å². The Morgan fingerprint density at radius 1 is 1.10 bits per heavy atom. The Hall–Kier alpha value is -0.120. The molecule has 0 amide bonds. The molecule has 3 nitrogen and oxygen atoms in total. The van der Waals surface area contributed by atoms with Crippen LogP contribution in [0.25, 0.3) is 0 Å². The molecule has 0 aromatic carbocycles. The van der Waals surface area contributed by atoms with Gasteiger partial charge in [0, 0.05) is 25.7 Å². The SMILES string of the molecule is CCNCC1(CN(CCO)C(CC)CC)CCCCC1. The highest BCUT2D eigenvalue weighted by Gasteiger charge is 2.34. The van der Waals surface area contributed by atoms with Gasteiger partial charge in [0.05, 0.1) is 6.61 Å². The monoisotopic (exact) mass is 284 g/mol. The summed E-state index contributed by atoms with van der Waals surface area (Å²) < 4.78 is 0. The van der Waals surface area contributed by atoms with Crippen molar-refractivity contribution in [1.29, 1.82) is 0 Å². The molecule has 0 unspecified atom stereocenters. The summed E-state index contributed by atoms with van der Waals surface area (Å²) in [6.07, 6.45) is 9.23. The zero-order valence-electron chi connectivity index (χ0n) is 14.0. The maximum Gasteiger partial charge on any atom is 0.0558 e. The lowest BCUT2D eigenvalue weighted by atomic mass is 9.73. The number of nitrogens with zero attached hydrogens (tertiary/aromatic N) is 1. The quantitative estimate of drug-likeness (QED) is 0.647. The third kappa shape index (κ3) is 5.34. The van der Waals surface area contributed by atoms with Gasteiger partial charge in [0.15, 0.2) is 0 Å². The van der Waals surface area contributed by atoms with E-state index >= 15 is 0 Å². The van der Waals surface area contributed by atoms with Crippen LogP contribution in [0.2, 0.25) is 0 Å². The van der Waals surface area contributed by atoms with Crippen LogP contribution in [0.1, 0.15) is 65.7 Å². The summed E-state index contributed by atoms with van der Waals surface area (Å²) in [7, 11) is 0. The molecule has 0 aromatic rings. The van der Waals surface area contributed by atoms with Gasteiger partial charge in [-0.2, -0.15) is 0 Å². The first kappa shape index (κ1) is 17.9. The summed E-state index contributed by atoms with van der Waals surface area (Å²) in [5.41, 5.74) is 0.437. The van der Waals surface area contributed by atoms with Crippen LogP contribution in [-0.2, 0) is 0 Å². The molecule has 0 heterocycles. The molecule has 3 heteroatoms. The van der Waals surface area contributed by atoms with Gasteiger partial charge in [-0.15, -0.1) is 0 Å². The van der Waals surface area contributed by atoms with E-state index in [1.54, 1.807) is 0 Å². The topological polar surface area (TPSA) is 35.5 Å². The maximum absolute atomic E-state index is 9.41.